The second kappa shape index (κ2) is 13.6. The lowest BCUT2D eigenvalue weighted by Crippen LogP contribution is -2.33. The van der Waals surface area contributed by atoms with Crippen molar-refractivity contribution in [1.82, 2.24) is 10.6 Å². The van der Waals surface area contributed by atoms with Crippen LogP contribution < -0.4 is 16.0 Å². The maximum absolute atomic E-state index is 13.2. The third kappa shape index (κ3) is 6.86. The van der Waals surface area contributed by atoms with E-state index in [-0.39, 0.29) is 6.03 Å². The SMILES string of the molecule is C\C=C/C=C(/C(C)=C(\CNC(=O)Nc1sc2c(c1C)CCCC2)C1=C(CCCC)CNCC1)C1CCC1. The van der Waals surface area contributed by atoms with Gasteiger partial charge in [-0.05, 0) is 124 Å². The molecule has 0 spiro atoms. The van der Waals surface area contributed by atoms with Crippen molar-refractivity contribution in [2.24, 2.45) is 5.92 Å². The highest BCUT2D eigenvalue weighted by Crippen LogP contribution is 2.40. The number of amides is 2. The van der Waals surface area contributed by atoms with Gasteiger partial charge in [-0.1, -0.05) is 43.6 Å². The van der Waals surface area contributed by atoms with Crippen molar-refractivity contribution in [3.05, 3.63) is 62.1 Å². The Balaban J connectivity index is 1.60. The summed E-state index contributed by atoms with van der Waals surface area (Å²) in [7, 11) is 0. The number of anilines is 1. The van der Waals surface area contributed by atoms with Crippen molar-refractivity contribution in [1.29, 1.82) is 0 Å². The Morgan fingerprint density at radius 2 is 1.97 bits per heavy atom. The number of carbonyl (C=O) groups is 1. The molecule has 0 saturated heterocycles. The van der Waals surface area contributed by atoms with E-state index >= 15 is 0 Å². The zero-order chi connectivity index (χ0) is 26.2. The van der Waals surface area contributed by atoms with Gasteiger partial charge in [-0.2, -0.15) is 0 Å². The highest BCUT2D eigenvalue weighted by Gasteiger charge is 2.26. The van der Waals surface area contributed by atoms with Crippen molar-refractivity contribution < 1.29 is 4.79 Å². The molecule has 0 atom stereocenters. The van der Waals surface area contributed by atoms with E-state index in [1.165, 1.54) is 88.8 Å². The van der Waals surface area contributed by atoms with E-state index in [4.69, 9.17) is 0 Å². The van der Waals surface area contributed by atoms with Crippen LogP contribution in [0.1, 0.15) is 94.6 Å². The Hall–Kier alpha value is -2.11. The zero-order valence-corrected chi connectivity index (χ0v) is 24.3. The first-order valence-corrected chi connectivity index (χ1v) is 15.5. The monoisotopic (exact) mass is 521 g/mol. The summed E-state index contributed by atoms with van der Waals surface area (Å²) in [5, 5.41) is 11.1. The lowest BCUT2D eigenvalue weighted by molar-refractivity contribution is 0.253. The van der Waals surface area contributed by atoms with Crippen LogP contribution in [0.25, 0.3) is 0 Å². The molecule has 4 rings (SSSR count). The Morgan fingerprint density at radius 3 is 2.68 bits per heavy atom. The van der Waals surface area contributed by atoms with Gasteiger partial charge in [-0.15, -0.1) is 11.3 Å². The summed E-state index contributed by atoms with van der Waals surface area (Å²) in [4.78, 5) is 14.7. The Morgan fingerprint density at radius 1 is 1.16 bits per heavy atom. The number of fused-ring (bicyclic) bond motifs is 1. The number of urea groups is 1. The maximum atomic E-state index is 13.2. The summed E-state index contributed by atoms with van der Waals surface area (Å²) in [6, 6.07) is -0.0840. The number of nitrogens with one attached hydrogen (secondary N) is 3. The second-order valence-electron chi connectivity index (χ2n) is 11.0. The van der Waals surface area contributed by atoms with Crippen LogP contribution in [0, 0.1) is 12.8 Å². The molecule has 0 unspecified atom stereocenters. The molecule has 0 aromatic carbocycles. The van der Waals surface area contributed by atoms with E-state index in [2.05, 4.69) is 61.9 Å². The normalized spacial score (nSPS) is 19.5. The largest absolute Gasteiger partial charge is 0.334 e. The molecular weight excluding hydrogens is 474 g/mol. The molecule has 1 saturated carbocycles. The number of aryl methyl sites for hydroxylation is 1. The molecule has 1 fully saturated rings. The van der Waals surface area contributed by atoms with Crippen LogP contribution in [0.2, 0.25) is 0 Å². The van der Waals surface area contributed by atoms with Gasteiger partial charge in [0.15, 0.2) is 0 Å². The molecule has 2 amide bonds. The number of rotatable bonds is 10. The summed E-state index contributed by atoms with van der Waals surface area (Å²) in [6.07, 6.45) is 19.9. The van der Waals surface area contributed by atoms with Gasteiger partial charge in [0.1, 0.15) is 0 Å². The number of allylic oxidation sites excluding steroid dienone is 5. The average molecular weight is 522 g/mol. The summed E-state index contributed by atoms with van der Waals surface area (Å²) in [5.74, 6) is 0.640. The third-order valence-corrected chi connectivity index (χ3v) is 9.81. The molecule has 0 bridgehead atoms. The highest BCUT2D eigenvalue weighted by molar-refractivity contribution is 7.16. The van der Waals surface area contributed by atoms with Gasteiger partial charge < -0.3 is 10.6 Å². The number of thiophene rings is 1. The van der Waals surface area contributed by atoms with Gasteiger partial charge in [0.25, 0.3) is 0 Å². The Kier molecular flexibility index (Phi) is 10.3. The summed E-state index contributed by atoms with van der Waals surface area (Å²) in [5.41, 5.74) is 9.94. The summed E-state index contributed by atoms with van der Waals surface area (Å²) in [6.45, 7) is 11.4. The molecule has 3 N–H and O–H groups in total. The van der Waals surface area contributed by atoms with E-state index in [0.29, 0.717) is 12.5 Å². The first-order chi connectivity index (χ1) is 18.0. The van der Waals surface area contributed by atoms with Crippen LogP contribution >= 0.6 is 11.3 Å². The number of unbranched alkanes of at least 4 members (excludes halogenated alkanes) is 1. The van der Waals surface area contributed by atoms with Gasteiger partial charge in [0.05, 0.1) is 5.00 Å². The molecule has 1 aromatic heterocycles. The quantitative estimate of drug-likeness (QED) is 0.272. The van der Waals surface area contributed by atoms with Crippen LogP contribution in [0.15, 0.2) is 46.1 Å². The molecule has 0 radical (unpaired) electrons. The fraction of sp³-hybridized carbons (Fsp3) is 0.594. The third-order valence-electron chi connectivity index (χ3n) is 8.50. The fourth-order valence-corrected chi connectivity index (χ4v) is 7.31. The van der Waals surface area contributed by atoms with E-state index in [0.717, 1.165) is 43.8 Å². The van der Waals surface area contributed by atoms with E-state index in [9.17, 15) is 4.79 Å². The maximum Gasteiger partial charge on any atom is 0.320 e. The van der Waals surface area contributed by atoms with Gasteiger partial charge in [-0.3, -0.25) is 5.32 Å². The van der Waals surface area contributed by atoms with Crippen molar-refractivity contribution in [2.75, 3.05) is 25.0 Å². The Labute approximate surface area is 228 Å². The van der Waals surface area contributed by atoms with Crippen LogP contribution in [0.5, 0.6) is 0 Å². The van der Waals surface area contributed by atoms with Crippen molar-refractivity contribution in [3.8, 4) is 0 Å². The minimum atomic E-state index is -0.0840. The predicted molar refractivity (Wildman–Crippen MR) is 160 cm³/mol. The van der Waals surface area contributed by atoms with Crippen LogP contribution in [0.4, 0.5) is 9.80 Å². The molecule has 202 valence electrons. The minimum absolute atomic E-state index is 0.0840. The van der Waals surface area contributed by atoms with Crippen molar-refractivity contribution >= 4 is 22.4 Å². The molecular formula is C32H47N3OS. The summed E-state index contributed by atoms with van der Waals surface area (Å²) >= 11 is 1.78. The summed E-state index contributed by atoms with van der Waals surface area (Å²) < 4.78 is 0. The molecule has 4 nitrogen and oxygen atoms in total. The predicted octanol–water partition coefficient (Wildman–Crippen LogP) is 8.16. The van der Waals surface area contributed by atoms with E-state index < -0.39 is 0 Å². The first-order valence-electron chi connectivity index (χ1n) is 14.6. The molecule has 2 aliphatic carbocycles. The number of hydrogen-bond donors (Lipinski definition) is 3. The number of hydrogen-bond acceptors (Lipinski definition) is 3. The highest BCUT2D eigenvalue weighted by atomic mass is 32.1. The molecule has 3 aliphatic rings. The minimum Gasteiger partial charge on any atom is -0.334 e. The molecule has 1 aromatic rings. The fourth-order valence-electron chi connectivity index (χ4n) is 6.02. The van der Waals surface area contributed by atoms with Gasteiger partial charge >= 0.3 is 6.03 Å². The van der Waals surface area contributed by atoms with E-state index in [1.807, 2.05) is 0 Å². The molecule has 5 heteroatoms. The number of carbonyl (C=O) groups excluding carboxylic acids is 1. The van der Waals surface area contributed by atoms with Crippen molar-refractivity contribution in [3.63, 3.8) is 0 Å². The zero-order valence-electron chi connectivity index (χ0n) is 23.5. The molecule has 1 aliphatic heterocycles. The molecule has 2 heterocycles. The lowest BCUT2D eigenvalue weighted by Gasteiger charge is -2.32. The van der Waals surface area contributed by atoms with Gasteiger partial charge in [-0.25, -0.2) is 4.79 Å². The smallest absolute Gasteiger partial charge is 0.320 e. The first kappa shape index (κ1) is 27.9. The molecule has 37 heavy (non-hydrogen) atoms. The lowest BCUT2D eigenvalue weighted by atomic mass is 9.75. The van der Waals surface area contributed by atoms with Crippen LogP contribution in [-0.2, 0) is 12.8 Å². The Bertz CT molecular complexity index is 1080. The second-order valence-corrected chi connectivity index (χ2v) is 12.1. The standard InChI is InChI=1S/C32H47N3OS/c1-5-7-12-25-20-33-19-18-28(25)29(22(3)26(15-8-6-2)24-13-11-14-24)21-34-32(36)35-31-23(4)27-16-9-10-17-30(27)37-31/h6,8,15,24,33H,5,7,9-14,16-21H2,1-4H3,(H2,34,35,36)/b8-6-,26-15-,29-22+. The average Bonchev–Trinajstić information content (AvgIpc) is 3.19. The van der Waals surface area contributed by atoms with Crippen molar-refractivity contribution in [2.45, 2.75) is 98.3 Å². The van der Waals surface area contributed by atoms with Gasteiger partial charge in [0.2, 0.25) is 0 Å². The van der Waals surface area contributed by atoms with Crippen LogP contribution in [0.3, 0.4) is 0 Å². The van der Waals surface area contributed by atoms with Gasteiger partial charge in [0, 0.05) is 18.0 Å². The van der Waals surface area contributed by atoms with Crippen LogP contribution in [-0.4, -0.2) is 25.7 Å². The van der Waals surface area contributed by atoms with E-state index in [1.54, 1.807) is 11.3 Å². The topological polar surface area (TPSA) is 53.2 Å².